The zero-order valence-corrected chi connectivity index (χ0v) is 15.0. The minimum Gasteiger partial charge on any atom is -0.369 e. The molecule has 1 aliphatic rings. The number of hydrogen-bond donors (Lipinski definition) is 2. The summed E-state index contributed by atoms with van der Waals surface area (Å²) in [5.41, 5.74) is 2.63. The van der Waals surface area contributed by atoms with E-state index in [0.717, 1.165) is 36.6 Å². The molecule has 1 unspecified atom stereocenters. The van der Waals surface area contributed by atoms with Crippen LogP contribution in [0.5, 0.6) is 0 Å². The fourth-order valence-electron chi connectivity index (χ4n) is 3.07. The number of anilines is 1. The van der Waals surface area contributed by atoms with Gasteiger partial charge in [0.25, 0.3) is 0 Å². The minimum absolute atomic E-state index is 0.0317. The van der Waals surface area contributed by atoms with Gasteiger partial charge in [-0.05, 0) is 49.4 Å². The van der Waals surface area contributed by atoms with Crippen LogP contribution in [0.4, 0.5) is 5.82 Å². The van der Waals surface area contributed by atoms with E-state index < -0.39 is 0 Å². The molecule has 0 bridgehead atoms. The zero-order valence-electron chi connectivity index (χ0n) is 15.0. The van der Waals surface area contributed by atoms with Crippen LogP contribution < -0.4 is 10.6 Å². The number of pyridine rings is 1. The Morgan fingerprint density at radius 2 is 2.27 bits per heavy atom. The average molecular weight is 352 g/mol. The third kappa shape index (κ3) is 4.30. The molecule has 0 saturated carbocycles. The highest BCUT2D eigenvalue weighted by Gasteiger charge is 2.22. The number of hydrogen-bond acceptors (Lipinski definition) is 5. The van der Waals surface area contributed by atoms with Crippen LogP contribution in [0.3, 0.4) is 0 Å². The van der Waals surface area contributed by atoms with Crippen LogP contribution in [0.2, 0.25) is 0 Å². The van der Waals surface area contributed by atoms with Crippen molar-refractivity contribution >= 4 is 22.6 Å². The second-order valence-electron chi connectivity index (χ2n) is 6.45. The highest BCUT2D eigenvalue weighted by Crippen LogP contribution is 2.21. The predicted molar refractivity (Wildman–Crippen MR) is 101 cm³/mol. The second kappa shape index (κ2) is 8.63. The molecule has 2 aromatic rings. The fraction of sp³-hybridized carbons (Fsp3) is 0.450. The Hall–Kier alpha value is -2.65. The number of nitrogens with one attached hydrogen (secondary N) is 2. The van der Waals surface area contributed by atoms with Crippen molar-refractivity contribution in [3.05, 3.63) is 35.4 Å². The molecular formula is C20H24N4O2. The van der Waals surface area contributed by atoms with Gasteiger partial charge < -0.3 is 15.4 Å². The molecule has 26 heavy (non-hydrogen) atoms. The summed E-state index contributed by atoms with van der Waals surface area (Å²) in [6.07, 6.45) is 3.16. The van der Waals surface area contributed by atoms with Gasteiger partial charge in [-0.3, -0.25) is 4.79 Å². The molecule has 1 atom stereocenters. The maximum atomic E-state index is 11.9. The summed E-state index contributed by atoms with van der Waals surface area (Å²) < 4.78 is 5.35. The van der Waals surface area contributed by atoms with Crippen LogP contribution in [0.15, 0.2) is 24.3 Å². The first-order chi connectivity index (χ1) is 12.7. The number of amides is 1. The molecule has 6 nitrogen and oxygen atoms in total. The molecule has 1 amide bonds. The van der Waals surface area contributed by atoms with Gasteiger partial charge in [0.2, 0.25) is 5.91 Å². The summed E-state index contributed by atoms with van der Waals surface area (Å²) in [7, 11) is 0. The van der Waals surface area contributed by atoms with Gasteiger partial charge in [-0.2, -0.15) is 5.26 Å². The Bertz CT molecular complexity index is 822. The molecule has 2 N–H and O–H groups in total. The first-order valence-corrected chi connectivity index (χ1v) is 9.18. The van der Waals surface area contributed by atoms with Crippen LogP contribution >= 0.6 is 0 Å². The Balaban J connectivity index is 1.54. The maximum absolute atomic E-state index is 11.9. The highest BCUT2D eigenvalue weighted by atomic mass is 16.5. The SMILES string of the molecule is CCc1ccc2nc(NCCCNC(=O)C3CCCO3)c(C#N)cc2c1. The van der Waals surface area contributed by atoms with Gasteiger partial charge in [0.15, 0.2) is 0 Å². The number of aryl methyl sites for hydroxylation is 1. The number of nitriles is 1. The number of nitrogens with zero attached hydrogens (tertiary/aromatic N) is 2. The molecule has 3 rings (SSSR count). The van der Waals surface area contributed by atoms with Crippen molar-refractivity contribution in [2.75, 3.05) is 25.0 Å². The molecule has 0 aliphatic carbocycles. The highest BCUT2D eigenvalue weighted by molar-refractivity contribution is 5.83. The van der Waals surface area contributed by atoms with Gasteiger partial charge >= 0.3 is 0 Å². The Morgan fingerprint density at radius 3 is 3.00 bits per heavy atom. The molecule has 1 saturated heterocycles. The summed E-state index contributed by atoms with van der Waals surface area (Å²) in [5, 5.41) is 16.5. The Kier molecular flexibility index (Phi) is 6.03. The van der Waals surface area contributed by atoms with E-state index in [0.29, 0.717) is 31.1 Å². The van der Waals surface area contributed by atoms with Gasteiger partial charge in [0, 0.05) is 25.1 Å². The summed E-state index contributed by atoms with van der Waals surface area (Å²) in [5.74, 6) is 0.561. The van der Waals surface area contributed by atoms with Gasteiger partial charge in [0.05, 0.1) is 11.1 Å². The van der Waals surface area contributed by atoms with E-state index in [1.54, 1.807) is 0 Å². The topological polar surface area (TPSA) is 87.0 Å². The molecule has 1 aromatic carbocycles. The lowest BCUT2D eigenvalue weighted by Crippen LogP contribution is -2.35. The van der Waals surface area contributed by atoms with Gasteiger partial charge in [0.1, 0.15) is 18.0 Å². The maximum Gasteiger partial charge on any atom is 0.249 e. The van der Waals surface area contributed by atoms with Gasteiger partial charge in [-0.15, -0.1) is 0 Å². The van der Waals surface area contributed by atoms with Crippen molar-refractivity contribution in [1.82, 2.24) is 10.3 Å². The van der Waals surface area contributed by atoms with Crippen LogP contribution in [0.25, 0.3) is 10.9 Å². The van der Waals surface area contributed by atoms with Gasteiger partial charge in [-0.25, -0.2) is 4.98 Å². The summed E-state index contributed by atoms with van der Waals surface area (Å²) >= 11 is 0. The summed E-state index contributed by atoms with van der Waals surface area (Å²) in [6.45, 7) is 3.98. The van der Waals surface area contributed by atoms with E-state index in [2.05, 4.69) is 40.7 Å². The Morgan fingerprint density at radius 1 is 1.38 bits per heavy atom. The first kappa shape index (κ1) is 18.2. The first-order valence-electron chi connectivity index (χ1n) is 9.18. The van der Waals surface area contributed by atoms with Crippen molar-refractivity contribution in [3.63, 3.8) is 0 Å². The molecule has 6 heteroatoms. The predicted octanol–water partition coefficient (Wildman–Crippen LogP) is 2.77. The van der Waals surface area contributed by atoms with E-state index in [4.69, 9.17) is 4.74 Å². The quantitative estimate of drug-likeness (QED) is 0.748. The minimum atomic E-state index is -0.289. The molecule has 1 fully saturated rings. The number of carbonyl (C=O) groups is 1. The van der Waals surface area contributed by atoms with Crippen molar-refractivity contribution in [1.29, 1.82) is 5.26 Å². The average Bonchev–Trinajstić information content (AvgIpc) is 3.21. The van der Waals surface area contributed by atoms with Crippen molar-refractivity contribution < 1.29 is 9.53 Å². The van der Waals surface area contributed by atoms with E-state index in [1.807, 2.05) is 12.1 Å². The molecule has 2 heterocycles. The standard InChI is InChI=1S/C20H24N4O2/c1-2-14-6-7-17-15(11-14)12-16(13-21)19(24-17)22-8-4-9-23-20(25)18-5-3-10-26-18/h6-7,11-12,18H,2-5,8-10H2,1H3,(H,22,24)(H,23,25). The fourth-order valence-corrected chi connectivity index (χ4v) is 3.07. The number of benzene rings is 1. The third-order valence-electron chi connectivity index (χ3n) is 4.58. The van der Waals surface area contributed by atoms with Crippen molar-refractivity contribution in [3.8, 4) is 6.07 Å². The lowest BCUT2D eigenvalue weighted by molar-refractivity contribution is -0.130. The number of aromatic nitrogens is 1. The molecule has 1 aliphatic heterocycles. The monoisotopic (exact) mass is 352 g/mol. The summed E-state index contributed by atoms with van der Waals surface area (Å²) in [6, 6.07) is 10.2. The Labute approximate surface area is 153 Å². The number of rotatable bonds is 7. The van der Waals surface area contributed by atoms with Gasteiger partial charge in [-0.1, -0.05) is 13.0 Å². The van der Waals surface area contributed by atoms with Crippen molar-refractivity contribution in [2.24, 2.45) is 0 Å². The largest absolute Gasteiger partial charge is 0.369 e. The molecule has 136 valence electrons. The third-order valence-corrected chi connectivity index (χ3v) is 4.58. The molecule has 1 aromatic heterocycles. The lowest BCUT2D eigenvalue weighted by Gasteiger charge is -2.12. The molecule has 0 spiro atoms. The van der Waals surface area contributed by atoms with Crippen LogP contribution in [-0.4, -0.2) is 36.7 Å². The molecule has 0 radical (unpaired) electrons. The van der Waals surface area contributed by atoms with Crippen LogP contribution in [-0.2, 0) is 16.0 Å². The van der Waals surface area contributed by atoms with E-state index in [9.17, 15) is 10.1 Å². The van der Waals surface area contributed by atoms with E-state index >= 15 is 0 Å². The number of ether oxygens (including phenoxy) is 1. The number of carbonyl (C=O) groups excluding carboxylic acids is 1. The lowest BCUT2D eigenvalue weighted by atomic mass is 10.1. The summed E-state index contributed by atoms with van der Waals surface area (Å²) in [4.78, 5) is 16.4. The second-order valence-corrected chi connectivity index (χ2v) is 6.45. The number of fused-ring (bicyclic) bond motifs is 1. The normalized spacial score (nSPS) is 16.4. The van der Waals surface area contributed by atoms with Crippen LogP contribution in [0.1, 0.15) is 37.3 Å². The van der Waals surface area contributed by atoms with E-state index in [-0.39, 0.29) is 12.0 Å². The molecular weight excluding hydrogens is 328 g/mol. The zero-order chi connectivity index (χ0) is 18.4. The van der Waals surface area contributed by atoms with Crippen LogP contribution in [0, 0.1) is 11.3 Å². The van der Waals surface area contributed by atoms with Crippen molar-refractivity contribution in [2.45, 2.75) is 38.7 Å². The smallest absolute Gasteiger partial charge is 0.249 e. The van der Waals surface area contributed by atoms with E-state index in [1.165, 1.54) is 5.56 Å².